The fraction of sp³-hybridized carbons (Fsp3) is 0.250. The van der Waals surface area contributed by atoms with Crippen molar-refractivity contribution in [1.29, 1.82) is 0 Å². The second-order valence-corrected chi connectivity index (χ2v) is 4.02. The van der Waals surface area contributed by atoms with Gasteiger partial charge < -0.3 is 5.73 Å². The van der Waals surface area contributed by atoms with Gasteiger partial charge in [0.2, 0.25) is 0 Å². The normalized spacial score (nSPS) is 11.5. The van der Waals surface area contributed by atoms with E-state index in [9.17, 15) is 8.42 Å². The van der Waals surface area contributed by atoms with Crippen LogP contribution in [0.25, 0.3) is 0 Å². The van der Waals surface area contributed by atoms with Crippen molar-refractivity contribution in [2.75, 3.05) is 5.73 Å². The topological polar surface area (TPSA) is 80.4 Å². The number of nitrogen functional groups attached to an aromatic ring is 1. The lowest BCUT2D eigenvalue weighted by Gasteiger charge is -2.06. The Labute approximate surface area is 77.1 Å². The van der Waals surface area contributed by atoms with E-state index in [-0.39, 0.29) is 10.6 Å². The fourth-order valence-electron chi connectivity index (χ4n) is 1.20. The molecule has 0 amide bonds. The van der Waals surface area contributed by atoms with Crippen LogP contribution in [0.5, 0.6) is 0 Å². The Morgan fingerprint density at radius 1 is 1.46 bits per heavy atom. The van der Waals surface area contributed by atoms with Crippen LogP contribution >= 0.6 is 0 Å². The fourth-order valence-corrected chi connectivity index (χ4v) is 2.11. The van der Waals surface area contributed by atoms with Crippen molar-refractivity contribution >= 4 is 15.8 Å². The summed E-state index contributed by atoms with van der Waals surface area (Å²) in [7, 11) is -4.20. The van der Waals surface area contributed by atoms with Crippen LogP contribution in [0.1, 0.15) is 12.5 Å². The monoisotopic (exact) mass is 201 g/mol. The van der Waals surface area contributed by atoms with E-state index >= 15 is 0 Å². The number of benzene rings is 1. The smallest absolute Gasteiger partial charge is 0.296 e. The highest BCUT2D eigenvalue weighted by Gasteiger charge is 2.17. The molecular formula is C8H11NO3S. The molecule has 0 unspecified atom stereocenters. The first-order valence-electron chi connectivity index (χ1n) is 3.81. The SMILES string of the molecule is CCc1cccc(N)c1S(=O)(=O)O. The van der Waals surface area contributed by atoms with Gasteiger partial charge in [0.25, 0.3) is 10.1 Å². The summed E-state index contributed by atoms with van der Waals surface area (Å²) in [5, 5.41) is 0. The van der Waals surface area contributed by atoms with Crippen LogP contribution in [0.4, 0.5) is 5.69 Å². The Balaban J connectivity index is 3.50. The van der Waals surface area contributed by atoms with Gasteiger partial charge in [0.1, 0.15) is 4.90 Å². The number of anilines is 1. The summed E-state index contributed by atoms with van der Waals surface area (Å²) in [4.78, 5) is -0.169. The molecule has 0 aromatic heterocycles. The van der Waals surface area contributed by atoms with Crippen molar-refractivity contribution in [2.45, 2.75) is 18.2 Å². The number of rotatable bonds is 2. The lowest BCUT2D eigenvalue weighted by atomic mass is 10.1. The number of aryl methyl sites for hydroxylation is 1. The highest BCUT2D eigenvalue weighted by atomic mass is 32.2. The van der Waals surface area contributed by atoms with Gasteiger partial charge in [0.05, 0.1) is 5.69 Å². The van der Waals surface area contributed by atoms with Gasteiger partial charge in [-0.05, 0) is 18.1 Å². The first kappa shape index (κ1) is 10.0. The summed E-state index contributed by atoms with van der Waals surface area (Å²) in [6, 6.07) is 4.73. The van der Waals surface area contributed by atoms with Crippen LogP contribution in [-0.4, -0.2) is 13.0 Å². The van der Waals surface area contributed by atoms with Gasteiger partial charge in [-0.15, -0.1) is 0 Å². The largest absolute Gasteiger partial charge is 0.398 e. The molecule has 1 aromatic rings. The van der Waals surface area contributed by atoms with Crippen LogP contribution in [-0.2, 0) is 16.5 Å². The quantitative estimate of drug-likeness (QED) is 0.554. The van der Waals surface area contributed by atoms with E-state index < -0.39 is 10.1 Å². The lowest BCUT2D eigenvalue weighted by Crippen LogP contribution is -2.06. The molecule has 0 aliphatic heterocycles. The summed E-state index contributed by atoms with van der Waals surface area (Å²) in [5.74, 6) is 0. The summed E-state index contributed by atoms with van der Waals surface area (Å²) in [6.45, 7) is 1.80. The average molecular weight is 201 g/mol. The molecule has 0 radical (unpaired) electrons. The molecule has 0 spiro atoms. The summed E-state index contributed by atoms with van der Waals surface area (Å²) < 4.78 is 30.7. The zero-order chi connectivity index (χ0) is 10.1. The van der Waals surface area contributed by atoms with Crippen LogP contribution in [0.3, 0.4) is 0 Å². The molecule has 0 aliphatic carbocycles. The van der Waals surface area contributed by atoms with E-state index in [1.807, 2.05) is 0 Å². The highest BCUT2D eigenvalue weighted by molar-refractivity contribution is 7.86. The van der Waals surface area contributed by atoms with E-state index in [2.05, 4.69) is 0 Å². The summed E-state index contributed by atoms with van der Waals surface area (Å²) in [6.07, 6.45) is 0.514. The summed E-state index contributed by atoms with van der Waals surface area (Å²) >= 11 is 0. The molecule has 0 fully saturated rings. The van der Waals surface area contributed by atoms with Gasteiger partial charge in [-0.3, -0.25) is 4.55 Å². The van der Waals surface area contributed by atoms with Crippen LogP contribution in [0.2, 0.25) is 0 Å². The molecule has 0 aliphatic rings. The molecule has 13 heavy (non-hydrogen) atoms. The Hall–Kier alpha value is -1.07. The lowest BCUT2D eigenvalue weighted by molar-refractivity contribution is 0.482. The van der Waals surface area contributed by atoms with Crippen LogP contribution < -0.4 is 5.73 Å². The maximum absolute atomic E-state index is 10.9. The molecule has 72 valence electrons. The molecule has 4 nitrogen and oxygen atoms in total. The average Bonchev–Trinajstić information content (AvgIpc) is 2.01. The van der Waals surface area contributed by atoms with E-state index in [1.165, 1.54) is 6.07 Å². The molecule has 0 bridgehead atoms. The van der Waals surface area contributed by atoms with Crippen molar-refractivity contribution in [3.8, 4) is 0 Å². The molecule has 0 saturated heterocycles. The van der Waals surface area contributed by atoms with Crippen LogP contribution in [0.15, 0.2) is 23.1 Å². The molecule has 5 heteroatoms. The molecule has 1 rings (SSSR count). The molecule has 0 atom stereocenters. The van der Waals surface area contributed by atoms with Crippen molar-refractivity contribution in [2.24, 2.45) is 0 Å². The Kier molecular flexibility index (Phi) is 2.58. The second kappa shape index (κ2) is 3.35. The zero-order valence-corrected chi connectivity index (χ0v) is 8.00. The van der Waals surface area contributed by atoms with Gasteiger partial charge in [-0.1, -0.05) is 19.1 Å². The van der Waals surface area contributed by atoms with Crippen LogP contribution in [0, 0.1) is 0 Å². The predicted octanol–water partition coefficient (Wildman–Crippen LogP) is 1.08. The first-order valence-corrected chi connectivity index (χ1v) is 5.25. The van der Waals surface area contributed by atoms with E-state index in [4.69, 9.17) is 10.3 Å². The van der Waals surface area contributed by atoms with Crippen molar-refractivity contribution in [3.63, 3.8) is 0 Å². The number of nitrogens with two attached hydrogens (primary N) is 1. The Morgan fingerprint density at radius 2 is 2.08 bits per heavy atom. The summed E-state index contributed by atoms with van der Waals surface area (Å²) in [5.41, 5.74) is 6.06. The molecule has 0 saturated carbocycles. The maximum Gasteiger partial charge on any atom is 0.296 e. The van der Waals surface area contributed by atoms with Gasteiger partial charge >= 0.3 is 0 Å². The number of hydrogen-bond donors (Lipinski definition) is 2. The second-order valence-electron chi connectivity index (χ2n) is 2.66. The predicted molar refractivity (Wildman–Crippen MR) is 50.0 cm³/mol. The Bertz CT molecular complexity index is 411. The first-order chi connectivity index (χ1) is 5.96. The van der Waals surface area contributed by atoms with Crippen molar-refractivity contribution in [1.82, 2.24) is 0 Å². The third-order valence-electron chi connectivity index (χ3n) is 1.77. The van der Waals surface area contributed by atoms with Crippen molar-refractivity contribution < 1.29 is 13.0 Å². The van der Waals surface area contributed by atoms with E-state index in [0.717, 1.165) is 0 Å². The molecule has 0 heterocycles. The Morgan fingerprint density at radius 3 is 2.46 bits per heavy atom. The highest BCUT2D eigenvalue weighted by Crippen LogP contribution is 2.22. The van der Waals surface area contributed by atoms with Gasteiger partial charge in [0.15, 0.2) is 0 Å². The maximum atomic E-state index is 10.9. The third kappa shape index (κ3) is 1.99. The third-order valence-corrected chi connectivity index (χ3v) is 2.78. The van der Waals surface area contributed by atoms with Gasteiger partial charge in [-0.2, -0.15) is 8.42 Å². The standard InChI is InChI=1S/C8H11NO3S/c1-2-6-4-3-5-7(9)8(6)13(10,11)12/h3-5H,2,9H2,1H3,(H,10,11,12). The van der Waals surface area contributed by atoms with Gasteiger partial charge in [0, 0.05) is 0 Å². The zero-order valence-electron chi connectivity index (χ0n) is 7.19. The molecular weight excluding hydrogens is 190 g/mol. The van der Waals surface area contributed by atoms with E-state index in [0.29, 0.717) is 12.0 Å². The minimum Gasteiger partial charge on any atom is -0.398 e. The van der Waals surface area contributed by atoms with Crippen molar-refractivity contribution in [3.05, 3.63) is 23.8 Å². The van der Waals surface area contributed by atoms with E-state index in [1.54, 1.807) is 19.1 Å². The van der Waals surface area contributed by atoms with Gasteiger partial charge in [-0.25, -0.2) is 0 Å². The number of hydrogen-bond acceptors (Lipinski definition) is 3. The minimum atomic E-state index is -4.20. The minimum absolute atomic E-state index is 0.0850. The molecule has 1 aromatic carbocycles. The molecule has 3 N–H and O–H groups in total.